The Bertz CT molecular complexity index is 1200. The molecule has 0 amide bonds. The summed E-state index contributed by atoms with van der Waals surface area (Å²) in [5, 5.41) is 20.2. The number of likely N-dealkylation sites (tertiary alicyclic amines) is 1. The van der Waals surface area contributed by atoms with Crippen molar-refractivity contribution in [3.63, 3.8) is 0 Å². The molecular formula is C29H31NO4. The van der Waals surface area contributed by atoms with Crippen LogP contribution in [0.2, 0.25) is 0 Å². The topological polar surface area (TPSA) is 62.2 Å². The van der Waals surface area contributed by atoms with Crippen molar-refractivity contribution in [2.45, 2.75) is 38.8 Å². The van der Waals surface area contributed by atoms with Gasteiger partial charge in [0.2, 0.25) is 0 Å². The van der Waals surface area contributed by atoms with Crippen LogP contribution >= 0.6 is 0 Å². The predicted molar refractivity (Wildman–Crippen MR) is 134 cm³/mol. The van der Waals surface area contributed by atoms with Crippen LogP contribution in [0.3, 0.4) is 0 Å². The molecule has 0 aliphatic carbocycles. The van der Waals surface area contributed by atoms with Crippen molar-refractivity contribution in [2.75, 3.05) is 19.7 Å². The molecule has 0 aromatic heterocycles. The minimum absolute atomic E-state index is 0.195. The second-order valence-electron chi connectivity index (χ2n) is 9.21. The van der Waals surface area contributed by atoms with Crippen LogP contribution in [-0.4, -0.2) is 40.9 Å². The van der Waals surface area contributed by atoms with Crippen molar-refractivity contribution in [3.05, 3.63) is 83.4 Å². The van der Waals surface area contributed by atoms with Crippen LogP contribution in [0.15, 0.2) is 66.7 Å². The van der Waals surface area contributed by atoms with Crippen LogP contribution in [0.4, 0.5) is 0 Å². The number of hydrogen-bond donors (Lipinski definition) is 2. The lowest BCUT2D eigenvalue weighted by Crippen LogP contribution is -2.31. The largest absolute Gasteiger partial charge is 0.508 e. The third-order valence-corrected chi connectivity index (χ3v) is 6.96. The molecule has 2 aliphatic heterocycles. The van der Waals surface area contributed by atoms with Gasteiger partial charge in [0.05, 0.1) is 0 Å². The van der Waals surface area contributed by atoms with Gasteiger partial charge in [-0.1, -0.05) is 24.3 Å². The zero-order valence-electron chi connectivity index (χ0n) is 19.7. The van der Waals surface area contributed by atoms with E-state index in [1.54, 1.807) is 30.3 Å². The Hall–Kier alpha value is -3.44. The molecule has 2 aliphatic rings. The summed E-state index contributed by atoms with van der Waals surface area (Å²) in [7, 11) is 0. The molecule has 0 bridgehead atoms. The maximum atomic E-state index is 10.1. The van der Waals surface area contributed by atoms with Gasteiger partial charge >= 0.3 is 0 Å². The molecular weight excluding hydrogens is 426 g/mol. The molecule has 1 fully saturated rings. The van der Waals surface area contributed by atoms with Crippen LogP contribution in [0, 0.1) is 0 Å². The predicted octanol–water partition coefficient (Wildman–Crippen LogP) is 6.03. The normalized spacial score (nSPS) is 20.2. The highest BCUT2D eigenvalue weighted by atomic mass is 16.5. The summed E-state index contributed by atoms with van der Waals surface area (Å²) in [6, 6.07) is 21.1. The molecule has 2 heterocycles. The van der Waals surface area contributed by atoms with E-state index in [4.69, 9.17) is 9.47 Å². The highest BCUT2D eigenvalue weighted by molar-refractivity contribution is 5.95. The van der Waals surface area contributed by atoms with Crippen LogP contribution < -0.4 is 9.47 Å². The van der Waals surface area contributed by atoms with E-state index in [0.29, 0.717) is 12.6 Å². The molecule has 3 aromatic carbocycles. The summed E-state index contributed by atoms with van der Waals surface area (Å²) in [5.41, 5.74) is 4.71. The Morgan fingerprint density at radius 3 is 2.53 bits per heavy atom. The van der Waals surface area contributed by atoms with Gasteiger partial charge in [0.1, 0.15) is 35.7 Å². The molecule has 2 atom stereocenters. The van der Waals surface area contributed by atoms with E-state index in [-0.39, 0.29) is 17.6 Å². The van der Waals surface area contributed by atoms with Crippen LogP contribution in [-0.2, 0) is 0 Å². The number of rotatable bonds is 6. The minimum Gasteiger partial charge on any atom is -0.508 e. The molecule has 2 N–H and O–H groups in total. The number of phenols is 2. The van der Waals surface area contributed by atoms with Gasteiger partial charge in [-0.15, -0.1) is 0 Å². The number of phenolic OH excluding ortho intramolecular Hbond substituents is 2. The fourth-order valence-corrected chi connectivity index (χ4v) is 5.06. The highest BCUT2D eigenvalue weighted by Crippen LogP contribution is 2.47. The second kappa shape index (κ2) is 9.43. The number of hydrogen-bond acceptors (Lipinski definition) is 5. The lowest BCUT2D eigenvalue weighted by molar-refractivity contribution is 0.204. The first-order valence-electron chi connectivity index (χ1n) is 12.0. The van der Waals surface area contributed by atoms with Crippen molar-refractivity contribution >= 4 is 11.1 Å². The molecule has 5 rings (SSSR count). The lowest BCUT2D eigenvalue weighted by Gasteiger charge is -2.31. The fraction of sp³-hybridized carbons (Fsp3) is 0.310. The highest BCUT2D eigenvalue weighted by Gasteiger charge is 2.29. The van der Waals surface area contributed by atoms with Crippen molar-refractivity contribution in [1.82, 2.24) is 4.90 Å². The van der Waals surface area contributed by atoms with E-state index in [1.807, 2.05) is 43.3 Å². The minimum atomic E-state index is -0.349. The van der Waals surface area contributed by atoms with Crippen molar-refractivity contribution in [3.8, 4) is 23.0 Å². The number of ether oxygens (including phenoxy) is 2. The molecule has 1 saturated heterocycles. The van der Waals surface area contributed by atoms with Crippen molar-refractivity contribution in [2.24, 2.45) is 0 Å². The summed E-state index contributed by atoms with van der Waals surface area (Å²) >= 11 is 0. The van der Waals surface area contributed by atoms with E-state index < -0.39 is 0 Å². The molecule has 1 unspecified atom stereocenters. The second-order valence-corrected chi connectivity index (χ2v) is 9.21. The first kappa shape index (κ1) is 22.4. The average Bonchev–Trinajstić information content (AvgIpc) is 3.24. The van der Waals surface area contributed by atoms with Crippen LogP contribution in [0.5, 0.6) is 23.0 Å². The number of aromatic hydroxyl groups is 2. The molecule has 0 spiro atoms. The Morgan fingerprint density at radius 2 is 1.79 bits per heavy atom. The fourth-order valence-electron chi connectivity index (χ4n) is 5.06. The summed E-state index contributed by atoms with van der Waals surface area (Å²) in [6.07, 6.45) is 2.19. The number of benzene rings is 3. The Balaban J connectivity index is 1.41. The van der Waals surface area contributed by atoms with Gasteiger partial charge in [0.25, 0.3) is 0 Å². The standard InChI is InChI=1S/C29H31NO4/c1-19-5-4-14-30(19)15-16-33-25-11-8-21(9-12-25)29-28(22-6-3-7-23(31)17-22)20(2)26-18-24(32)10-13-27(26)34-29/h3,6-13,17-19,29,31-32H,4-5,14-16H2,1-2H3/t19-,29?/m1/s1. The van der Waals surface area contributed by atoms with Crippen molar-refractivity contribution < 1.29 is 19.7 Å². The van der Waals surface area contributed by atoms with Gasteiger partial charge in [-0.25, -0.2) is 0 Å². The average molecular weight is 458 g/mol. The summed E-state index contributed by atoms with van der Waals surface area (Å²) in [4.78, 5) is 2.48. The first-order chi connectivity index (χ1) is 16.5. The molecule has 5 nitrogen and oxygen atoms in total. The number of nitrogens with zero attached hydrogens (tertiary/aromatic N) is 1. The SMILES string of the molecule is CC1=C(c2cccc(O)c2)C(c2ccc(OCCN3CCC[C@H]3C)cc2)Oc2ccc(O)cc21. The monoisotopic (exact) mass is 457 g/mol. The van der Waals surface area contributed by atoms with Gasteiger partial charge < -0.3 is 19.7 Å². The molecule has 0 radical (unpaired) electrons. The lowest BCUT2D eigenvalue weighted by atomic mass is 9.86. The molecule has 176 valence electrons. The number of fused-ring (bicyclic) bond motifs is 1. The molecule has 5 heteroatoms. The quantitative estimate of drug-likeness (QED) is 0.474. The van der Waals surface area contributed by atoms with Gasteiger partial charge in [0.15, 0.2) is 0 Å². The van der Waals surface area contributed by atoms with E-state index >= 15 is 0 Å². The van der Waals surface area contributed by atoms with E-state index in [0.717, 1.165) is 52.4 Å². The van der Waals surface area contributed by atoms with Crippen LogP contribution in [0.1, 0.15) is 49.5 Å². The maximum absolute atomic E-state index is 10.1. The maximum Gasteiger partial charge on any atom is 0.150 e. The summed E-state index contributed by atoms with van der Waals surface area (Å²) in [6.45, 7) is 7.09. The van der Waals surface area contributed by atoms with E-state index in [2.05, 4.69) is 11.8 Å². The first-order valence-corrected chi connectivity index (χ1v) is 12.0. The summed E-state index contributed by atoms with van der Waals surface area (Å²) in [5.74, 6) is 1.97. The van der Waals surface area contributed by atoms with Gasteiger partial charge in [-0.05, 0) is 92.4 Å². The molecule has 3 aromatic rings. The summed E-state index contributed by atoms with van der Waals surface area (Å²) < 4.78 is 12.5. The smallest absolute Gasteiger partial charge is 0.150 e. The zero-order valence-corrected chi connectivity index (χ0v) is 19.7. The van der Waals surface area contributed by atoms with Gasteiger partial charge in [-0.2, -0.15) is 0 Å². The van der Waals surface area contributed by atoms with Gasteiger partial charge in [-0.3, -0.25) is 4.90 Å². The Labute approximate surface area is 200 Å². The Morgan fingerprint density at radius 1 is 1.00 bits per heavy atom. The molecule has 34 heavy (non-hydrogen) atoms. The van der Waals surface area contributed by atoms with Crippen molar-refractivity contribution in [1.29, 1.82) is 0 Å². The Kier molecular flexibility index (Phi) is 6.20. The number of allylic oxidation sites excluding steroid dienone is 1. The van der Waals surface area contributed by atoms with E-state index in [9.17, 15) is 10.2 Å². The van der Waals surface area contributed by atoms with E-state index in [1.165, 1.54) is 12.8 Å². The van der Waals surface area contributed by atoms with Gasteiger partial charge in [0, 0.05) is 23.7 Å². The third kappa shape index (κ3) is 4.48. The third-order valence-electron chi connectivity index (χ3n) is 6.96. The molecule has 0 saturated carbocycles. The zero-order chi connectivity index (χ0) is 23.7. The van der Waals surface area contributed by atoms with Crippen LogP contribution in [0.25, 0.3) is 11.1 Å².